The summed E-state index contributed by atoms with van der Waals surface area (Å²) in [5.74, 6) is -0.773. The first kappa shape index (κ1) is 21.9. The molecule has 3 aromatic rings. The van der Waals surface area contributed by atoms with E-state index < -0.39 is 17.9 Å². The van der Waals surface area contributed by atoms with Crippen LogP contribution >= 0.6 is 0 Å². The number of hydrazine groups is 1. The quantitative estimate of drug-likeness (QED) is 0.437. The average molecular weight is 422 g/mol. The number of amides is 3. The number of ether oxygens (including phenoxy) is 1. The number of carbonyl (C=O) groups is 3. The predicted molar refractivity (Wildman–Crippen MR) is 117 cm³/mol. The number of para-hydroxylation sites is 1. The molecule has 8 heteroatoms. The van der Waals surface area contributed by atoms with Gasteiger partial charge in [-0.2, -0.15) is 0 Å². The molecule has 0 fully saturated rings. The van der Waals surface area contributed by atoms with Crippen molar-refractivity contribution < 1.29 is 19.1 Å². The second-order valence-electron chi connectivity index (χ2n) is 7.41. The second-order valence-corrected chi connectivity index (χ2v) is 7.41. The lowest BCUT2D eigenvalue weighted by atomic mass is 10.0. The summed E-state index contributed by atoms with van der Waals surface area (Å²) in [4.78, 5) is 39.5. The lowest BCUT2D eigenvalue weighted by molar-refractivity contribution is -0.132. The van der Waals surface area contributed by atoms with Crippen molar-refractivity contribution in [2.75, 3.05) is 6.61 Å². The van der Waals surface area contributed by atoms with E-state index in [-0.39, 0.29) is 18.9 Å². The van der Waals surface area contributed by atoms with Crippen LogP contribution in [0.15, 0.2) is 48.7 Å². The topological polar surface area (TPSA) is 112 Å². The third kappa shape index (κ3) is 5.85. The summed E-state index contributed by atoms with van der Waals surface area (Å²) in [6, 6.07) is 12.6. The summed E-state index contributed by atoms with van der Waals surface area (Å²) in [6.45, 7) is 4.91. The van der Waals surface area contributed by atoms with Crippen LogP contribution in [0.5, 0.6) is 5.75 Å². The van der Waals surface area contributed by atoms with Gasteiger partial charge in [-0.25, -0.2) is 0 Å². The number of H-pyrrole nitrogens is 1. The van der Waals surface area contributed by atoms with Crippen LogP contribution in [0.4, 0.5) is 0 Å². The molecule has 0 radical (unpaired) electrons. The summed E-state index contributed by atoms with van der Waals surface area (Å²) in [5.41, 5.74) is 8.45. The Morgan fingerprint density at radius 2 is 1.84 bits per heavy atom. The summed E-state index contributed by atoms with van der Waals surface area (Å²) >= 11 is 0. The number of carbonyl (C=O) groups excluding carboxylic acids is 3. The summed E-state index contributed by atoms with van der Waals surface area (Å²) < 4.78 is 5.53. The molecule has 0 saturated heterocycles. The first-order valence-corrected chi connectivity index (χ1v) is 9.94. The van der Waals surface area contributed by atoms with E-state index in [0.29, 0.717) is 5.75 Å². The van der Waals surface area contributed by atoms with Gasteiger partial charge in [0.15, 0.2) is 6.61 Å². The lowest BCUT2D eigenvalue weighted by Crippen LogP contribution is -2.53. The van der Waals surface area contributed by atoms with Crippen molar-refractivity contribution in [3.63, 3.8) is 0 Å². The van der Waals surface area contributed by atoms with Crippen molar-refractivity contribution in [3.05, 3.63) is 65.4 Å². The molecule has 0 aliphatic carbocycles. The molecule has 162 valence electrons. The number of aromatic nitrogens is 1. The highest BCUT2D eigenvalue weighted by Crippen LogP contribution is 2.20. The fourth-order valence-electron chi connectivity index (χ4n) is 3.24. The maximum atomic E-state index is 12.6. The Morgan fingerprint density at radius 3 is 2.61 bits per heavy atom. The molecule has 0 spiro atoms. The molecule has 0 aliphatic rings. The maximum absolute atomic E-state index is 12.6. The molecule has 1 aromatic heterocycles. The highest BCUT2D eigenvalue weighted by molar-refractivity contribution is 5.90. The first-order valence-electron chi connectivity index (χ1n) is 9.94. The molecule has 0 bridgehead atoms. The van der Waals surface area contributed by atoms with Crippen LogP contribution in [0.2, 0.25) is 0 Å². The van der Waals surface area contributed by atoms with Crippen LogP contribution < -0.4 is 20.9 Å². The number of benzene rings is 2. The van der Waals surface area contributed by atoms with Crippen LogP contribution in [0, 0.1) is 13.8 Å². The molecular formula is C23H26N4O4. The van der Waals surface area contributed by atoms with E-state index in [0.717, 1.165) is 27.6 Å². The number of aryl methyl sites for hydroxylation is 2. The zero-order chi connectivity index (χ0) is 22.4. The minimum atomic E-state index is -0.850. The Bertz CT molecular complexity index is 1110. The summed E-state index contributed by atoms with van der Waals surface area (Å²) in [7, 11) is 0. The van der Waals surface area contributed by atoms with Gasteiger partial charge in [-0.15, -0.1) is 0 Å². The van der Waals surface area contributed by atoms with E-state index in [4.69, 9.17) is 4.74 Å². The molecule has 0 aliphatic heterocycles. The fourth-order valence-corrected chi connectivity index (χ4v) is 3.24. The van der Waals surface area contributed by atoms with Gasteiger partial charge in [0.05, 0.1) is 0 Å². The molecule has 31 heavy (non-hydrogen) atoms. The van der Waals surface area contributed by atoms with E-state index in [1.54, 1.807) is 0 Å². The van der Waals surface area contributed by atoms with Gasteiger partial charge in [-0.3, -0.25) is 25.2 Å². The lowest BCUT2D eigenvalue weighted by Gasteiger charge is -2.18. The van der Waals surface area contributed by atoms with E-state index in [9.17, 15) is 14.4 Å². The number of fused-ring (bicyclic) bond motifs is 1. The Kier molecular flexibility index (Phi) is 6.92. The van der Waals surface area contributed by atoms with E-state index >= 15 is 0 Å². The first-order chi connectivity index (χ1) is 14.8. The normalized spacial score (nSPS) is 11.6. The Labute approximate surface area is 180 Å². The van der Waals surface area contributed by atoms with Gasteiger partial charge < -0.3 is 15.0 Å². The Morgan fingerprint density at radius 1 is 1.06 bits per heavy atom. The predicted octanol–water partition coefficient (Wildman–Crippen LogP) is 2.06. The fraction of sp³-hybridized carbons (Fsp3) is 0.261. The van der Waals surface area contributed by atoms with Crippen molar-refractivity contribution >= 4 is 28.6 Å². The van der Waals surface area contributed by atoms with Crippen LogP contribution in [-0.2, 0) is 20.8 Å². The zero-order valence-corrected chi connectivity index (χ0v) is 17.7. The minimum Gasteiger partial charge on any atom is -0.483 e. The Balaban J connectivity index is 1.58. The van der Waals surface area contributed by atoms with Crippen molar-refractivity contribution in [1.82, 2.24) is 21.2 Å². The van der Waals surface area contributed by atoms with Crippen molar-refractivity contribution in [3.8, 4) is 5.75 Å². The molecule has 8 nitrogen and oxygen atoms in total. The molecule has 2 aromatic carbocycles. The standard InChI is InChI=1S/C23H26N4O4/c1-14-8-9-15(2)21(10-14)31-13-22(29)26-27-23(30)20(25-16(3)28)11-17-12-24-19-7-5-4-6-18(17)19/h4-10,12,20,24H,11,13H2,1-3H3,(H,25,28)(H,26,29)(H,27,30)/t20-/m0/s1. The molecule has 0 unspecified atom stereocenters. The number of nitrogens with one attached hydrogen (secondary N) is 4. The number of hydrogen-bond donors (Lipinski definition) is 4. The third-order valence-electron chi connectivity index (χ3n) is 4.82. The minimum absolute atomic E-state index is 0.252. The second kappa shape index (κ2) is 9.80. The molecule has 3 amide bonds. The molecule has 1 heterocycles. The largest absolute Gasteiger partial charge is 0.483 e. The summed E-state index contributed by atoms with van der Waals surface area (Å²) in [6.07, 6.45) is 2.08. The smallest absolute Gasteiger partial charge is 0.276 e. The van der Waals surface area contributed by atoms with Gasteiger partial charge in [0.25, 0.3) is 11.8 Å². The Hall–Kier alpha value is -3.81. The van der Waals surface area contributed by atoms with E-state index in [1.165, 1.54) is 6.92 Å². The average Bonchev–Trinajstić information content (AvgIpc) is 3.14. The molecular weight excluding hydrogens is 396 g/mol. The van der Waals surface area contributed by atoms with E-state index in [1.807, 2.05) is 62.5 Å². The summed E-state index contributed by atoms with van der Waals surface area (Å²) in [5, 5.41) is 3.60. The van der Waals surface area contributed by atoms with Crippen LogP contribution in [-0.4, -0.2) is 35.4 Å². The number of rotatable bonds is 7. The molecule has 4 N–H and O–H groups in total. The van der Waals surface area contributed by atoms with Gasteiger partial charge >= 0.3 is 0 Å². The van der Waals surface area contributed by atoms with Crippen LogP contribution in [0.3, 0.4) is 0 Å². The van der Waals surface area contributed by atoms with Crippen molar-refractivity contribution in [2.24, 2.45) is 0 Å². The van der Waals surface area contributed by atoms with Crippen LogP contribution in [0.1, 0.15) is 23.6 Å². The molecule has 3 rings (SSSR count). The van der Waals surface area contributed by atoms with Crippen molar-refractivity contribution in [2.45, 2.75) is 33.2 Å². The maximum Gasteiger partial charge on any atom is 0.276 e. The third-order valence-corrected chi connectivity index (χ3v) is 4.82. The molecule has 1 atom stereocenters. The number of aromatic amines is 1. The van der Waals surface area contributed by atoms with Gasteiger partial charge in [0.2, 0.25) is 5.91 Å². The van der Waals surface area contributed by atoms with Gasteiger partial charge in [0, 0.05) is 30.4 Å². The highest BCUT2D eigenvalue weighted by Gasteiger charge is 2.22. The van der Waals surface area contributed by atoms with Gasteiger partial charge in [-0.05, 0) is 42.7 Å². The van der Waals surface area contributed by atoms with Gasteiger partial charge in [-0.1, -0.05) is 30.3 Å². The number of hydrogen-bond acceptors (Lipinski definition) is 4. The van der Waals surface area contributed by atoms with E-state index in [2.05, 4.69) is 21.2 Å². The molecule has 0 saturated carbocycles. The van der Waals surface area contributed by atoms with Crippen LogP contribution in [0.25, 0.3) is 10.9 Å². The SMILES string of the molecule is CC(=O)N[C@@H](Cc1c[nH]c2ccccc12)C(=O)NNC(=O)COc1cc(C)ccc1C. The highest BCUT2D eigenvalue weighted by atomic mass is 16.5. The van der Waals surface area contributed by atoms with Crippen molar-refractivity contribution in [1.29, 1.82) is 0 Å². The monoisotopic (exact) mass is 422 g/mol. The zero-order valence-electron chi connectivity index (χ0n) is 17.7. The van der Waals surface area contributed by atoms with Gasteiger partial charge in [0.1, 0.15) is 11.8 Å².